The predicted octanol–water partition coefficient (Wildman–Crippen LogP) is 10.3. The normalized spacial score (nSPS) is 14.9. The van der Waals surface area contributed by atoms with E-state index in [0.717, 1.165) is 96.3 Å². The van der Waals surface area contributed by atoms with Crippen LogP contribution in [0.15, 0.2) is 109 Å². The lowest BCUT2D eigenvalue weighted by molar-refractivity contribution is -0.147. The number of allylic oxidation sites excluding steroid dienone is 18. The lowest BCUT2D eigenvalue weighted by Crippen LogP contribution is -2.23. The largest absolute Gasteiger partial charge is 0.472 e. The second-order valence-corrected chi connectivity index (χ2v) is 13.0. The van der Waals surface area contributed by atoms with Crippen molar-refractivity contribution in [3.05, 3.63) is 109 Å². The summed E-state index contributed by atoms with van der Waals surface area (Å²) >= 11 is 0. The summed E-state index contributed by atoms with van der Waals surface area (Å²) in [6, 6.07) is 0. The molecular weight excluding hydrogens is 649 g/mol. The number of esters is 1. The van der Waals surface area contributed by atoms with Crippen LogP contribution < -0.4 is 5.73 Å². The highest BCUT2D eigenvalue weighted by molar-refractivity contribution is 7.47. The van der Waals surface area contributed by atoms with Crippen LogP contribution in [0, 0.1) is 0 Å². The van der Waals surface area contributed by atoms with Crippen molar-refractivity contribution in [2.45, 2.75) is 116 Å². The third kappa shape index (κ3) is 38.0. The summed E-state index contributed by atoms with van der Waals surface area (Å²) < 4.78 is 25.7. The zero-order valence-corrected chi connectivity index (χ0v) is 31.5. The molecule has 0 amide bonds. The number of phosphoric ester groups is 1. The van der Waals surface area contributed by atoms with Gasteiger partial charge in [0.05, 0.1) is 13.2 Å². The molecule has 0 bridgehead atoms. The maximum Gasteiger partial charge on any atom is 0.472 e. The Kier molecular flexibility index (Phi) is 35.3. The standard InChI is InChI=1S/C41H66NO7P/c1-2-3-4-5-6-7-8-9-10-11-12-13-14-15-16-17-18-19-20-21-22-23-24-25-26-27-28-29-30-31-32-33-34-35-41(44)47-38-40(43)39-49-50(45,46)48-37-36-42/h3-4,6-7,9-10,12-13,15-16,18-19,21-22,24-25,27-28,40,43H,2,5,8,11,14,17,20,23,26,29-39,42H2,1H3,(H,45,46)/b4-3-,7-6-,10-9-,13-12-,16-15-,19-18-,22-21-,25-24-,28-27-. The van der Waals surface area contributed by atoms with Crippen molar-refractivity contribution in [3.8, 4) is 0 Å². The molecule has 2 unspecified atom stereocenters. The number of rotatable bonds is 33. The van der Waals surface area contributed by atoms with E-state index < -0.39 is 26.5 Å². The molecule has 2 atom stereocenters. The van der Waals surface area contributed by atoms with Crippen molar-refractivity contribution in [2.75, 3.05) is 26.4 Å². The van der Waals surface area contributed by atoms with E-state index in [-0.39, 0.29) is 26.2 Å². The number of aliphatic hydroxyl groups excluding tert-OH is 1. The number of nitrogens with two attached hydrogens (primary N) is 1. The highest BCUT2D eigenvalue weighted by Gasteiger charge is 2.22. The minimum atomic E-state index is -4.26. The summed E-state index contributed by atoms with van der Waals surface area (Å²) in [7, 11) is -4.26. The summed E-state index contributed by atoms with van der Waals surface area (Å²) in [5.74, 6) is -0.410. The quantitative estimate of drug-likeness (QED) is 0.0265. The van der Waals surface area contributed by atoms with Crippen molar-refractivity contribution in [1.82, 2.24) is 0 Å². The Morgan fingerprint density at radius 3 is 1.44 bits per heavy atom. The lowest BCUT2D eigenvalue weighted by atomic mass is 10.1. The molecule has 0 aromatic heterocycles. The number of hydrogen-bond acceptors (Lipinski definition) is 7. The fraction of sp³-hybridized carbons (Fsp3) is 0.537. The molecular formula is C41H66NO7P. The molecule has 282 valence electrons. The molecule has 0 aliphatic carbocycles. The number of carbonyl (C=O) groups excluding carboxylic acids is 1. The molecule has 50 heavy (non-hydrogen) atoms. The van der Waals surface area contributed by atoms with E-state index in [0.29, 0.717) is 0 Å². The van der Waals surface area contributed by atoms with E-state index in [1.165, 1.54) is 0 Å². The van der Waals surface area contributed by atoms with Crippen LogP contribution in [0.3, 0.4) is 0 Å². The lowest BCUT2D eigenvalue weighted by Gasteiger charge is -2.15. The minimum Gasteiger partial charge on any atom is -0.463 e. The first-order valence-corrected chi connectivity index (χ1v) is 19.9. The SMILES string of the molecule is CC/C=C\C/C=C\C/C=C\C/C=C\C/C=C\C/C=C\C/C=C\C/C=C\C/C=C\CCCCCCCC(=O)OCC(O)COP(=O)(O)OCCN. The van der Waals surface area contributed by atoms with Crippen LogP contribution in [-0.4, -0.2) is 48.4 Å². The van der Waals surface area contributed by atoms with Crippen LogP contribution in [0.1, 0.15) is 110 Å². The fourth-order valence-corrected chi connectivity index (χ4v) is 4.98. The molecule has 0 aliphatic heterocycles. The van der Waals surface area contributed by atoms with Crippen molar-refractivity contribution in [2.24, 2.45) is 5.73 Å². The third-order valence-corrected chi connectivity index (χ3v) is 7.89. The molecule has 8 nitrogen and oxygen atoms in total. The molecule has 0 saturated heterocycles. The predicted molar refractivity (Wildman–Crippen MR) is 210 cm³/mol. The average Bonchev–Trinajstić information content (AvgIpc) is 3.11. The smallest absolute Gasteiger partial charge is 0.463 e. The Bertz CT molecular complexity index is 1120. The first kappa shape index (κ1) is 47.2. The van der Waals surface area contributed by atoms with Gasteiger partial charge >= 0.3 is 13.8 Å². The van der Waals surface area contributed by atoms with Gasteiger partial charge in [-0.25, -0.2) is 4.57 Å². The van der Waals surface area contributed by atoms with E-state index in [1.54, 1.807) is 0 Å². The second-order valence-electron chi connectivity index (χ2n) is 11.6. The maximum absolute atomic E-state index is 11.8. The highest BCUT2D eigenvalue weighted by atomic mass is 31.2. The molecule has 0 rings (SSSR count). The Labute approximate surface area is 303 Å². The van der Waals surface area contributed by atoms with Gasteiger partial charge < -0.3 is 20.5 Å². The van der Waals surface area contributed by atoms with Gasteiger partial charge in [0.2, 0.25) is 0 Å². The average molecular weight is 716 g/mol. The zero-order chi connectivity index (χ0) is 36.6. The molecule has 9 heteroatoms. The fourth-order valence-electron chi connectivity index (χ4n) is 4.21. The molecule has 0 saturated carbocycles. The van der Waals surface area contributed by atoms with E-state index in [4.69, 9.17) is 10.5 Å². The van der Waals surface area contributed by atoms with Gasteiger partial charge in [-0.15, -0.1) is 0 Å². The molecule has 0 radical (unpaired) electrons. The van der Waals surface area contributed by atoms with Gasteiger partial charge in [-0.3, -0.25) is 13.8 Å². The topological polar surface area (TPSA) is 128 Å². The van der Waals surface area contributed by atoms with Gasteiger partial charge in [0.1, 0.15) is 12.7 Å². The number of hydrogen-bond donors (Lipinski definition) is 3. The zero-order valence-electron chi connectivity index (χ0n) is 30.6. The molecule has 0 fully saturated rings. The second kappa shape index (κ2) is 37.4. The van der Waals surface area contributed by atoms with Crippen molar-refractivity contribution in [3.63, 3.8) is 0 Å². The summed E-state index contributed by atoms with van der Waals surface area (Å²) in [5.41, 5.74) is 5.19. The molecule has 0 aromatic carbocycles. The van der Waals surface area contributed by atoms with Crippen LogP contribution in [0.5, 0.6) is 0 Å². The van der Waals surface area contributed by atoms with Crippen LogP contribution in [0.2, 0.25) is 0 Å². The summed E-state index contributed by atoms with van der Waals surface area (Å²) in [4.78, 5) is 21.2. The van der Waals surface area contributed by atoms with Crippen LogP contribution in [-0.2, 0) is 23.1 Å². The minimum absolute atomic E-state index is 0.0652. The van der Waals surface area contributed by atoms with E-state index in [9.17, 15) is 19.4 Å². The molecule has 0 heterocycles. The van der Waals surface area contributed by atoms with Crippen LogP contribution >= 0.6 is 7.82 Å². The van der Waals surface area contributed by atoms with Crippen molar-refractivity contribution in [1.29, 1.82) is 0 Å². The summed E-state index contributed by atoms with van der Waals surface area (Å²) in [6.07, 6.45) is 53.9. The molecule has 0 aliphatic rings. The van der Waals surface area contributed by atoms with E-state index in [2.05, 4.69) is 125 Å². The first-order valence-electron chi connectivity index (χ1n) is 18.4. The maximum atomic E-state index is 11.8. The number of aliphatic hydroxyl groups is 1. The number of ether oxygens (including phenoxy) is 1. The van der Waals surface area contributed by atoms with Gasteiger partial charge in [0, 0.05) is 13.0 Å². The summed E-state index contributed by atoms with van der Waals surface area (Å²) in [5, 5.41) is 9.75. The Morgan fingerprint density at radius 1 is 0.600 bits per heavy atom. The Morgan fingerprint density at radius 2 is 1.00 bits per heavy atom. The van der Waals surface area contributed by atoms with Gasteiger partial charge in [0.15, 0.2) is 0 Å². The number of unbranched alkanes of at least 4 members (excludes halogenated alkanes) is 5. The van der Waals surface area contributed by atoms with Crippen molar-refractivity contribution < 1.29 is 33.1 Å². The first-order chi connectivity index (χ1) is 24.4. The highest BCUT2D eigenvalue weighted by Crippen LogP contribution is 2.42. The van der Waals surface area contributed by atoms with Gasteiger partial charge in [-0.05, 0) is 77.0 Å². The Hall–Kier alpha value is -2.84. The number of phosphoric acid groups is 1. The van der Waals surface area contributed by atoms with Crippen molar-refractivity contribution >= 4 is 13.8 Å². The molecule has 4 N–H and O–H groups in total. The number of carbonyl (C=O) groups is 1. The van der Waals surface area contributed by atoms with Crippen LogP contribution in [0.4, 0.5) is 0 Å². The Balaban J connectivity index is 3.61. The van der Waals surface area contributed by atoms with Gasteiger partial charge in [0.25, 0.3) is 0 Å². The van der Waals surface area contributed by atoms with E-state index >= 15 is 0 Å². The summed E-state index contributed by atoms with van der Waals surface area (Å²) in [6.45, 7) is 1.29. The van der Waals surface area contributed by atoms with E-state index in [1.807, 2.05) is 0 Å². The third-order valence-electron chi connectivity index (χ3n) is 6.90. The van der Waals surface area contributed by atoms with Gasteiger partial charge in [-0.1, -0.05) is 136 Å². The van der Waals surface area contributed by atoms with Crippen LogP contribution in [0.25, 0.3) is 0 Å². The van der Waals surface area contributed by atoms with Gasteiger partial charge in [-0.2, -0.15) is 0 Å². The molecule has 0 aromatic rings. The molecule has 0 spiro atoms. The monoisotopic (exact) mass is 715 g/mol.